The summed E-state index contributed by atoms with van der Waals surface area (Å²) in [6.45, 7) is 0. The molecule has 11 nitrogen and oxygen atoms in total. The number of nitro benzene ring substituents is 1. The minimum absolute atomic E-state index is 0.0221. The summed E-state index contributed by atoms with van der Waals surface area (Å²) in [6.07, 6.45) is 0. The normalized spacial score (nSPS) is 10.3. The summed E-state index contributed by atoms with van der Waals surface area (Å²) < 4.78 is 21.1. The molecule has 0 aliphatic rings. The first-order valence-electron chi connectivity index (χ1n) is 8.16. The smallest absolute Gasteiger partial charge is 0.322 e. The zero-order chi connectivity index (χ0) is 21.0. The lowest BCUT2D eigenvalue weighted by Gasteiger charge is -2.13. The van der Waals surface area contributed by atoms with Crippen molar-refractivity contribution in [3.05, 3.63) is 52.1 Å². The predicted octanol–water partition coefficient (Wildman–Crippen LogP) is 2.92. The lowest BCUT2D eigenvalue weighted by molar-refractivity contribution is -0.384. The molecule has 29 heavy (non-hydrogen) atoms. The van der Waals surface area contributed by atoms with E-state index in [1.54, 1.807) is 6.07 Å². The van der Waals surface area contributed by atoms with Gasteiger partial charge in [-0.05, 0) is 18.2 Å². The van der Waals surface area contributed by atoms with Crippen LogP contribution in [0.1, 0.15) is 10.4 Å². The summed E-state index contributed by atoms with van der Waals surface area (Å²) in [5.41, 5.74) is 0.429. The van der Waals surface area contributed by atoms with Gasteiger partial charge in [-0.2, -0.15) is 0 Å². The molecule has 0 aliphatic heterocycles. The molecule has 0 radical (unpaired) electrons. The molecule has 1 aromatic heterocycles. The Balaban J connectivity index is 1.84. The maximum atomic E-state index is 12.6. The Labute approximate surface area is 164 Å². The van der Waals surface area contributed by atoms with E-state index in [0.717, 1.165) is 0 Å². The van der Waals surface area contributed by atoms with Crippen LogP contribution in [0, 0.1) is 10.1 Å². The Morgan fingerprint density at radius 1 is 1.07 bits per heavy atom. The number of amides is 1. The minimum atomic E-state index is -0.557. The van der Waals surface area contributed by atoms with Crippen LogP contribution in [-0.4, -0.2) is 42.4 Å². The van der Waals surface area contributed by atoms with Crippen molar-refractivity contribution in [3.8, 4) is 28.7 Å². The highest BCUT2D eigenvalue weighted by molar-refractivity contribution is 6.04. The van der Waals surface area contributed by atoms with E-state index in [1.165, 1.54) is 51.7 Å². The number of carbonyl (C=O) groups excluding carboxylic acids is 1. The molecule has 0 saturated carbocycles. The number of non-ortho nitro benzene ring substituents is 1. The molecular formula is C18H16N4O7. The number of hydrogen-bond donors (Lipinski definition) is 1. The quantitative estimate of drug-likeness (QED) is 0.468. The van der Waals surface area contributed by atoms with Gasteiger partial charge in [0.15, 0.2) is 11.5 Å². The highest BCUT2D eigenvalue weighted by Gasteiger charge is 2.19. The first-order valence-corrected chi connectivity index (χ1v) is 8.16. The van der Waals surface area contributed by atoms with E-state index in [9.17, 15) is 14.9 Å². The first kappa shape index (κ1) is 19.6. The highest BCUT2D eigenvalue weighted by Crippen LogP contribution is 2.38. The maximum Gasteiger partial charge on any atom is 0.322 e. The number of anilines is 1. The lowest BCUT2D eigenvalue weighted by atomic mass is 10.1. The number of hydrogen-bond acceptors (Lipinski definition) is 9. The van der Waals surface area contributed by atoms with Gasteiger partial charge in [0.2, 0.25) is 11.6 Å². The van der Waals surface area contributed by atoms with E-state index < -0.39 is 10.8 Å². The SMILES string of the molecule is COc1cc(C(=O)Nc2nnc(-c3cccc([N+](=O)[O-])c3)o2)cc(OC)c1OC. The zero-order valence-corrected chi connectivity index (χ0v) is 15.7. The number of rotatable bonds is 7. The molecule has 11 heteroatoms. The van der Waals surface area contributed by atoms with Crippen LogP contribution in [0.4, 0.5) is 11.7 Å². The van der Waals surface area contributed by atoms with Crippen molar-refractivity contribution in [1.82, 2.24) is 10.2 Å². The van der Waals surface area contributed by atoms with E-state index in [4.69, 9.17) is 18.6 Å². The number of nitro groups is 1. The van der Waals surface area contributed by atoms with Crippen LogP contribution < -0.4 is 19.5 Å². The fourth-order valence-corrected chi connectivity index (χ4v) is 2.52. The van der Waals surface area contributed by atoms with Crippen molar-refractivity contribution in [3.63, 3.8) is 0 Å². The number of ether oxygens (including phenoxy) is 3. The van der Waals surface area contributed by atoms with Crippen LogP contribution in [0.5, 0.6) is 17.2 Å². The van der Waals surface area contributed by atoms with Gasteiger partial charge >= 0.3 is 6.01 Å². The number of carbonyl (C=O) groups is 1. The fourth-order valence-electron chi connectivity index (χ4n) is 2.52. The average Bonchev–Trinajstić information content (AvgIpc) is 3.21. The number of methoxy groups -OCH3 is 3. The molecule has 0 atom stereocenters. The van der Waals surface area contributed by atoms with E-state index in [2.05, 4.69) is 15.5 Å². The second kappa shape index (κ2) is 8.25. The van der Waals surface area contributed by atoms with E-state index in [1.807, 2.05) is 0 Å². The standard InChI is InChI=1S/C18H16N4O7/c1-26-13-8-11(9-14(27-2)15(13)28-3)16(23)19-18-21-20-17(29-18)10-5-4-6-12(7-10)22(24)25/h4-9H,1-3H3,(H,19,21,23). The van der Waals surface area contributed by atoms with E-state index in [-0.39, 0.29) is 23.2 Å². The lowest BCUT2D eigenvalue weighted by Crippen LogP contribution is -2.13. The van der Waals surface area contributed by atoms with Gasteiger partial charge in [0.1, 0.15) is 0 Å². The molecule has 0 unspecified atom stereocenters. The summed E-state index contributed by atoms with van der Waals surface area (Å²) in [7, 11) is 4.32. The molecule has 0 saturated heterocycles. The summed E-state index contributed by atoms with van der Waals surface area (Å²) >= 11 is 0. The van der Waals surface area contributed by atoms with Crippen molar-refractivity contribution >= 4 is 17.6 Å². The van der Waals surface area contributed by atoms with Gasteiger partial charge < -0.3 is 18.6 Å². The van der Waals surface area contributed by atoms with Crippen molar-refractivity contribution < 1.29 is 28.3 Å². The predicted molar refractivity (Wildman–Crippen MR) is 100 cm³/mol. The number of nitrogens with zero attached hydrogens (tertiary/aromatic N) is 3. The summed E-state index contributed by atoms with van der Waals surface area (Å²) in [5, 5.41) is 20.9. The third-order valence-corrected chi connectivity index (χ3v) is 3.88. The molecule has 3 aromatic rings. The van der Waals surface area contributed by atoms with Crippen LogP contribution >= 0.6 is 0 Å². The number of nitrogens with one attached hydrogen (secondary N) is 1. The Hall–Kier alpha value is -4.15. The highest BCUT2D eigenvalue weighted by atomic mass is 16.6. The molecule has 0 spiro atoms. The Bertz CT molecular complexity index is 1040. The molecule has 0 bridgehead atoms. The van der Waals surface area contributed by atoms with Crippen LogP contribution in [0.25, 0.3) is 11.5 Å². The average molecular weight is 400 g/mol. The van der Waals surface area contributed by atoms with Gasteiger partial charge in [-0.1, -0.05) is 11.2 Å². The maximum absolute atomic E-state index is 12.6. The first-order chi connectivity index (χ1) is 14.0. The van der Waals surface area contributed by atoms with Crippen LogP contribution in [0.3, 0.4) is 0 Å². The van der Waals surface area contributed by atoms with Crippen LogP contribution in [0.15, 0.2) is 40.8 Å². The van der Waals surface area contributed by atoms with Gasteiger partial charge in [0.05, 0.1) is 26.3 Å². The molecule has 3 rings (SSSR count). The summed E-state index contributed by atoms with van der Waals surface area (Å²) in [4.78, 5) is 22.9. The minimum Gasteiger partial charge on any atom is -0.493 e. The Morgan fingerprint density at radius 3 is 2.34 bits per heavy atom. The van der Waals surface area contributed by atoms with E-state index in [0.29, 0.717) is 22.8 Å². The van der Waals surface area contributed by atoms with Gasteiger partial charge in [0.25, 0.3) is 11.6 Å². The van der Waals surface area contributed by atoms with E-state index >= 15 is 0 Å². The molecule has 0 fully saturated rings. The molecule has 0 aliphatic carbocycles. The second-order valence-electron chi connectivity index (χ2n) is 5.59. The zero-order valence-electron chi connectivity index (χ0n) is 15.7. The van der Waals surface area contributed by atoms with Crippen molar-refractivity contribution in [2.45, 2.75) is 0 Å². The molecule has 1 amide bonds. The van der Waals surface area contributed by atoms with Gasteiger partial charge in [-0.3, -0.25) is 20.2 Å². The fraction of sp³-hybridized carbons (Fsp3) is 0.167. The molecule has 1 heterocycles. The third-order valence-electron chi connectivity index (χ3n) is 3.88. The third kappa shape index (κ3) is 4.08. The van der Waals surface area contributed by atoms with Crippen molar-refractivity contribution in [2.24, 2.45) is 0 Å². The number of aromatic nitrogens is 2. The number of benzene rings is 2. The van der Waals surface area contributed by atoms with Crippen molar-refractivity contribution in [2.75, 3.05) is 26.6 Å². The Kier molecular flexibility index (Phi) is 5.58. The van der Waals surface area contributed by atoms with Crippen LogP contribution in [-0.2, 0) is 0 Å². The summed E-state index contributed by atoms with van der Waals surface area (Å²) in [6, 6.07) is 8.45. The monoisotopic (exact) mass is 400 g/mol. The molecular weight excluding hydrogens is 384 g/mol. The Morgan fingerprint density at radius 2 is 1.76 bits per heavy atom. The van der Waals surface area contributed by atoms with Crippen molar-refractivity contribution in [1.29, 1.82) is 0 Å². The topological polar surface area (TPSA) is 139 Å². The molecule has 150 valence electrons. The van der Waals surface area contributed by atoms with Gasteiger partial charge in [0, 0.05) is 23.3 Å². The van der Waals surface area contributed by atoms with Crippen LogP contribution in [0.2, 0.25) is 0 Å². The second-order valence-corrected chi connectivity index (χ2v) is 5.59. The molecule has 2 aromatic carbocycles. The van der Waals surface area contributed by atoms with Gasteiger partial charge in [-0.25, -0.2) is 0 Å². The largest absolute Gasteiger partial charge is 0.493 e. The molecule has 1 N–H and O–H groups in total. The summed E-state index contributed by atoms with van der Waals surface area (Å²) in [5.74, 6) is 0.421. The van der Waals surface area contributed by atoms with Gasteiger partial charge in [-0.15, -0.1) is 5.10 Å².